The van der Waals surface area contributed by atoms with Crippen LogP contribution in [0, 0.1) is 0 Å². The number of para-hydroxylation sites is 1. The van der Waals surface area contributed by atoms with Crippen LogP contribution in [0.4, 0.5) is 0 Å². The lowest BCUT2D eigenvalue weighted by molar-refractivity contribution is -0.158. The largest absolute Gasteiger partial charge is 0.356 e. The highest BCUT2D eigenvalue weighted by Crippen LogP contribution is 2.23. The van der Waals surface area contributed by atoms with Gasteiger partial charge in [-0.3, -0.25) is 0 Å². The van der Waals surface area contributed by atoms with Gasteiger partial charge in [0.25, 0.3) is 0 Å². The minimum atomic E-state index is -0.173. The van der Waals surface area contributed by atoms with E-state index in [1.54, 1.807) is 0 Å². The van der Waals surface area contributed by atoms with E-state index in [1.165, 1.54) is 5.39 Å². The fourth-order valence-electron chi connectivity index (χ4n) is 2.11. The van der Waals surface area contributed by atoms with Gasteiger partial charge in [0.2, 0.25) is 0 Å². The van der Waals surface area contributed by atoms with Crippen molar-refractivity contribution in [1.82, 2.24) is 4.98 Å². The monoisotopic (exact) mass is 261 g/mol. The molecule has 1 aromatic heterocycles. The fourth-order valence-corrected chi connectivity index (χ4v) is 2.11. The van der Waals surface area contributed by atoms with Crippen molar-refractivity contribution >= 4 is 10.9 Å². The molecule has 2 unspecified atom stereocenters. The second-order valence-electron chi connectivity index (χ2n) is 4.88. The molecule has 1 heterocycles. The lowest BCUT2D eigenvalue weighted by Crippen LogP contribution is -2.16. The number of aromatic nitrogens is 1. The first kappa shape index (κ1) is 14.1. The number of nitrogens with one attached hydrogen (secondary N) is 1. The highest BCUT2D eigenvalue weighted by atomic mass is 16.7. The number of aromatic amines is 1. The molecule has 0 amide bonds. The molecule has 0 aliphatic heterocycles. The van der Waals surface area contributed by atoms with Crippen molar-refractivity contribution in [2.75, 3.05) is 6.61 Å². The van der Waals surface area contributed by atoms with Crippen molar-refractivity contribution in [3.05, 3.63) is 36.0 Å². The SMILES string of the molecule is CCCCOC(C)OC(C)c1cc2ccccc2[nH]1. The summed E-state index contributed by atoms with van der Waals surface area (Å²) in [4.78, 5) is 3.39. The molecule has 1 aromatic carbocycles. The zero-order valence-corrected chi connectivity index (χ0v) is 12.0. The minimum absolute atomic E-state index is 0.00373. The molecule has 3 heteroatoms. The van der Waals surface area contributed by atoms with Gasteiger partial charge < -0.3 is 14.5 Å². The predicted octanol–water partition coefficient (Wildman–Crippen LogP) is 4.41. The van der Waals surface area contributed by atoms with Crippen molar-refractivity contribution in [3.63, 3.8) is 0 Å². The summed E-state index contributed by atoms with van der Waals surface area (Å²) in [6.07, 6.45) is 2.05. The van der Waals surface area contributed by atoms with Gasteiger partial charge >= 0.3 is 0 Å². The molecule has 0 radical (unpaired) electrons. The Morgan fingerprint density at radius 3 is 2.74 bits per heavy atom. The van der Waals surface area contributed by atoms with Crippen LogP contribution in [0.25, 0.3) is 10.9 Å². The number of hydrogen-bond acceptors (Lipinski definition) is 2. The molecule has 0 saturated carbocycles. The molecule has 0 saturated heterocycles. The Kier molecular flexibility index (Phi) is 5.00. The van der Waals surface area contributed by atoms with Crippen LogP contribution in [0.1, 0.15) is 45.4 Å². The Bertz CT molecular complexity index is 473. The molecule has 0 bridgehead atoms. The Morgan fingerprint density at radius 2 is 2.00 bits per heavy atom. The summed E-state index contributed by atoms with van der Waals surface area (Å²) in [6, 6.07) is 10.4. The highest BCUT2D eigenvalue weighted by molar-refractivity contribution is 5.80. The first-order chi connectivity index (χ1) is 9.20. The molecule has 2 aromatic rings. The summed E-state index contributed by atoms with van der Waals surface area (Å²) in [5, 5.41) is 1.22. The van der Waals surface area contributed by atoms with E-state index >= 15 is 0 Å². The molecule has 2 atom stereocenters. The van der Waals surface area contributed by atoms with Gasteiger partial charge in [-0.2, -0.15) is 0 Å². The average molecular weight is 261 g/mol. The quantitative estimate of drug-likeness (QED) is 0.592. The number of benzene rings is 1. The van der Waals surface area contributed by atoms with E-state index in [0.29, 0.717) is 0 Å². The number of H-pyrrole nitrogens is 1. The molecular weight excluding hydrogens is 238 g/mol. The van der Waals surface area contributed by atoms with E-state index in [0.717, 1.165) is 30.7 Å². The van der Waals surface area contributed by atoms with Gasteiger partial charge in [-0.05, 0) is 37.8 Å². The number of rotatable bonds is 7. The van der Waals surface area contributed by atoms with Gasteiger partial charge in [-0.1, -0.05) is 31.5 Å². The van der Waals surface area contributed by atoms with Crippen LogP contribution in [0.2, 0.25) is 0 Å². The van der Waals surface area contributed by atoms with E-state index < -0.39 is 0 Å². The van der Waals surface area contributed by atoms with Gasteiger partial charge in [-0.25, -0.2) is 0 Å². The maximum atomic E-state index is 5.86. The van der Waals surface area contributed by atoms with Crippen molar-refractivity contribution in [3.8, 4) is 0 Å². The molecule has 2 rings (SSSR count). The second-order valence-corrected chi connectivity index (χ2v) is 4.88. The van der Waals surface area contributed by atoms with Crippen LogP contribution >= 0.6 is 0 Å². The summed E-state index contributed by atoms with van der Waals surface area (Å²) in [5.74, 6) is 0. The van der Waals surface area contributed by atoms with E-state index in [-0.39, 0.29) is 12.4 Å². The van der Waals surface area contributed by atoms with Crippen LogP contribution in [0.15, 0.2) is 30.3 Å². The van der Waals surface area contributed by atoms with Gasteiger partial charge in [-0.15, -0.1) is 0 Å². The summed E-state index contributed by atoms with van der Waals surface area (Å²) in [6.45, 7) is 6.91. The molecule has 0 aliphatic carbocycles. The summed E-state index contributed by atoms with van der Waals surface area (Å²) < 4.78 is 11.5. The topological polar surface area (TPSA) is 34.2 Å². The smallest absolute Gasteiger partial charge is 0.155 e. The molecule has 104 valence electrons. The van der Waals surface area contributed by atoms with Crippen LogP contribution < -0.4 is 0 Å². The maximum absolute atomic E-state index is 5.86. The zero-order chi connectivity index (χ0) is 13.7. The van der Waals surface area contributed by atoms with Crippen molar-refractivity contribution < 1.29 is 9.47 Å². The lowest BCUT2D eigenvalue weighted by atomic mass is 10.2. The second kappa shape index (κ2) is 6.73. The number of ether oxygens (including phenoxy) is 2. The van der Waals surface area contributed by atoms with E-state index in [1.807, 2.05) is 26.0 Å². The van der Waals surface area contributed by atoms with E-state index in [9.17, 15) is 0 Å². The van der Waals surface area contributed by atoms with Gasteiger partial charge in [0.1, 0.15) is 0 Å². The summed E-state index contributed by atoms with van der Waals surface area (Å²) in [7, 11) is 0. The first-order valence-electron chi connectivity index (χ1n) is 7.05. The summed E-state index contributed by atoms with van der Waals surface area (Å²) in [5.41, 5.74) is 2.24. The van der Waals surface area contributed by atoms with Crippen molar-refractivity contribution in [2.24, 2.45) is 0 Å². The van der Waals surface area contributed by atoms with E-state index in [2.05, 4.69) is 30.1 Å². The first-order valence-corrected chi connectivity index (χ1v) is 7.05. The Balaban J connectivity index is 1.93. The number of hydrogen-bond donors (Lipinski definition) is 1. The third kappa shape index (κ3) is 3.82. The third-order valence-electron chi connectivity index (χ3n) is 3.23. The Labute approximate surface area is 114 Å². The van der Waals surface area contributed by atoms with Crippen LogP contribution in [-0.2, 0) is 9.47 Å². The van der Waals surface area contributed by atoms with E-state index in [4.69, 9.17) is 9.47 Å². The maximum Gasteiger partial charge on any atom is 0.155 e. The Morgan fingerprint density at radius 1 is 1.21 bits per heavy atom. The standard InChI is InChI=1S/C16H23NO2/c1-4-5-10-18-13(3)19-12(2)16-11-14-8-6-7-9-15(14)17-16/h6-9,11-13,17H,4-5,10H2,1-3H3. The molecular formula is C16H23NO2. The number of unbranched alkanes of at least 4 members (excludes halogenated alkanes) is 1. The lowest BCUT2D eigenvalue weighted by Gasteiger charge is -2.18. The minimum Gasteiger partial charge on any atom is -0.356 e. The molecule has 1 N–H and O–H groups in total. The average Bonchev–Trinajstić information content (AvgIpc) is 2.83. The van der Waals surface area contributed by atoms with Crippen molar-refractivity contribution in [1.29, 1.82) is 0 Å². The molecule has 3 nitrogen and oxygen atoms in total. The Hall–Kier alpha value is -1.32. The van der Waals surface area contributed by atoms with Crippen LogP contribution in [-0.4, -0.2) is 17.9 Å². The van der Waals surface area contributed by atoms with Crippen LogP contribution in [0.3, 0.4) is 0 Å². The zero-order valence-electron chi connectivity index (χ0n) is 12.0. The fraction of sp³-hybridized carbons (Fsp3) is 0.500. The van der Waals surface area contributed by atoms with Crippen molar-refractivity contribution in [2.45, 2.75) is 46.0 Å². The van der Waals surface area contributed by atoms with Gasteiger partial charge in [0.15, 0.2) is 6.29 Å². The number of fused-ring (bicyclic) bond motifs is 1. The predicted molar refractivity (Wildman–Crippen MR) is 78.1 cm³/mol. The molecule has 0 spiro atoms. The summed E-state index contributed by atoms with van der Waals surface area (Å²) >= 11 is 0. The van der Waals surface area contributed by atoms with Gasteiger partial charge in [0, 0.05) is 17.8 Å². The highest BCUT2D eigenvalue weighted by Gasteiger charge is 2.13. The third-order valence-corrected chi connectivity index (χ3v) is 3.23. The van der Waals surface area contributed by atoms with Crippen LogP contribution in [0.5, 0.6) is 0 Å². The normalized spacial score (nSPS) is 14.7. The molecule has 19 heavy (non-hydrogen) atoms. The molecule has 0 fully saturated rings. The van der Waals surface area contributed by atoms with Gasteiger partial charge in [0.05, 0.1) is 6.10 Å². The molecule has 0 aliphatic rings.